The van der Waals surface area contributed by atoms with Gasteiger partial charge in [0.1, 0.15) is 6.33 Å². The predicted molar refractivity (Wildman–Crippen MR) is 70.6 cm³/mol. The van der Waals surface area contributed by atoms with Crippen molar-refractivity contribution in [1.29, 1.82) is 0 Å². The fraction of sp³-hybridized carbons (Fsp3) is 0.250. The van der Waals surface area contributed by atoms with Crippen molar-refractivity contribution in [2.45, 2.75) is 6.54 Å². The molecule has 2 aromatic rings. The summed E-state index contributed by atoms with van der Waals surface area (Å²) >= 11 is 0. The van der Waals surface area contributed by atoms with Crippen molar-refractivity contribution in [3.8, 4) is 5.69 Å². The molecule has 18 heavy (non-hydrogen) atoms. The molecule has 0 aliphatic heterocycles. The van der Waals surface area contributed by atoms with Crippen molar-refractivity contribution in [2.75, 3.05) is 14.1 Å². The Morgan fingerprint density at radius 3 is 2.78 bits per heavy atom. The van der Waals surface area contributed by atoms with E-state index >= 15 is 0 Å². The maximum Gasteiger partial charge on any atom is 0.191 e. The highest BCUT2D eigenvalue weighted by atomic mass is 15.3. The van der Waals surface area contributed by atoms with Crippen LogP contribution in [0.1, 0.15) is 5.82 Å². The Morgan fingerprint density at radius 1 is 1.33 bits per heavy atom. The van der Waals surface area contributed by atoms with Crippen LogP contribution >= 0.6 is 0 Å². The second-order valence-corrected chi connectivity index (χ2v) is 3.63. The Morgan fingerprint density at radius 2 is 2.11 bits per heavy atom. The molecule has 2 N–H and O–H groups in total. The maximum absolute atomic E-state index is 4.10. The zero-order valence-electron chi connectivity index (χ0n) is 10.5. The smallest absolute Gasteiger partial charge is 0.191 e. The number of aliphatic imine (C=N–C) groups is 1. The van der Waals surface area contributed by atoms with E-state index in [9.17, 15) is 0 Å². The first-order valence-corrected chi connectivity index (χ1v) is 5.68. The lowest BCUT2D eigenvalue weighted by Gasteiger charge is -2.09. The van der Waals surface area contributed by atoms with E-state index < -0.39 is 0 Å². The van der Waals surface area contributed by atoms with Crippen molar-refractivity contribution in [3.05, 3.63) is 42.5 Å². The average Bonchev–Trinajstić information content (AvgIpc) is 2.89. The summed E-state index contributed by atoms with van der Waals surface area (Å²) < 4.78 is 1.94. The highest BCUT2D eigenvalue weighted by Gasteiger charge is 2.06. The van der Waals surface area contributed by atoms with Crippen LogP contribution in [0.5, 0.6) is 0 Å². The Balaban J connectivity index is 2.14. The summed E-state index contributed by atoms with van der Waals surface area (Å²) in [5.74, 6) is 1.55. The molecule has 0 bridgehead atoms. The summed E-state index contributed by atoms with van der Waals surface area (Å²) in [6.45, 7) is 0.558. The first kappa shape index (κ1) is 12.1. The van der Waals surface area contributed by atoms with Gasteiger partial charge >= 0.3 is 0 Å². The predicted octanol–water partition coefficient (Wildman–Crippen LogP) is 0.562. The zero-order chi connectivity index (χ0) is 12.8. The number of para-hydroxylation sites is 1. The normalized spacial score (nSPS) is 11.3. The molecule has 0 aliphatic rings. The van der Waals surface area contributed by atoms with Crippen LogP contribution in [0.25, 0.3) is 5.69 Å². The number of rotatable bonds is 3. The second kappa shape index (κ2) is 5.81. The molecule has 0 atom stereocenters. The molecule has 6 nitrogen and oxygen atoms in total. The molecule has 0 fully saturated rings. The van der Waals surface area contributed by atoms with Gasteiger partial charge in [-0.05, 0) is 12.1 Å². The van der Waals surface area contributed by atoms with Crippen LogP contribution in [0.4, 0.5) is 0 Å². The highest BCUT2D eigenvalue weighted by Crippen LogP contribution is 2.08. The Hall–Kier alpha value is -2.37. The van der Waals surface area contributed by atoms with Gasteiger partial charge in [-0.3, -0.25) is 9.56 Å². The van der Waals surface area contributed by atoms with Gasteiger partial charge in [-0.15, -0.1) is 10.2 Å². The fourth-order valence-electron chi connectivity index (χ4n) is 1.63. The lowest BCUT2D eigenvalue weighted by atomic mass is 10.3. The van der Waals surface area contributed by atoms with Crippen molar-refractivity contribution < 1.29 is 0 Å². The molecule has 1 aromatic heterocycles. The van der Waals surface area contributed by atoms with E-state index in [1.807, 2.05) is 41.9 Å². The summed E-state index contributed by atoms with van der Waals surface area (Å²) in [6, 6.07) is 9.98. The minimum absolute atomic E-state index is 0.558. The molecule has 0 saturated heterocycles. The molecule has 0 radical (unpaired) electrons. The minimum Gasteiger partial charge on any atom is -0.359 e. The third-order valence-corrected chi connectivity index (χ3v) is 2.53. The summed E-state index contributed by atoms with van der Waals surface area (Å²) in [6.07, 6.45) is 1.70. The van der Waals surface area contributed by atoms with Gasteiger partial charge in [-0.1, -0.05) is 18.2 Å². The minimum atomic E-state index is 0.558. The van der Waals surface area contributed by atoms with Gasteiger partial charge in [-0.2, -0.15) is 0 Å². The van der Waals surface area contributed by atoms with Crippen LogP contribution in [0.2, 0.25) is 0 Å². The number of nitrogens with zero attached hydrogens (tertiary/aromatic N) is 4. The van der Waals surface area contributed by atoms with E-state index in [1.165, 1.54) is 0 Å². The molecule has 0 spiro atoms. The van der Waals surface area contributed by atoms with Crippen LogP contribution in [-0.2, 0) is 6.54 Å². The first-order chi connectivity index (χ1) is 8.85. The third kappa shape index (κ3) is 2.65. The second-order valence-electron chi connectivity index (χ2n) is 3.63. The summed E-state index contributed by atoms with van der Waals surface area (Å²) in [4.78, 5) is 4.05. The SMILES string of the molecule is CN=C(NC)NCc1nncn1-c1ccccc1. The molecule has 0 saturated carbocycles. The third-order valence-electron chi connectivity index (χ3n) is 2.53. The van der Waals surface area contributed by atoms with Crippen LogP contribution < -0.4 is 10.6 Å². The van der Waals surface area contributed by atoms with Crippen LogP contribution in [0.15, 0.2) is 41.7 Å². The molecule has 1 aromatic carbocycles. The van der Waals surface area contributed by atoms with Crippen LogP contribution in [0.3, 0.4) is 0 Å². The lowest BCUT2D eigenvalue weighted by molar-refractivity contribution is 0.774. The zero-order valence-corrected chi connectivity index (χ0v) is 10.5. The van der Waals surface area contributed by atoms with Gasteiger partial charge in [0.2, 0.25) is 0 Å². The van der Waals surface area contributed by atoms with Crippen LogP contribution in [-0.4, -0.2) is 34.8 Å². The summed E-state index contributed by atoms with van der Waals surface area (Å²) in [5, 5.41) is 14.1. The van der Waals surface area contributed by atoms with Gasteiger partial charge in [0.25, 0.3) is 0 Å². The maximum atomic E-state index is 4.10. The molecule has 0 unspecified atom stereocenters. The summed E-state index contributed by atoms with van der Waals surface area (Å²) in [5.41, 5.74) is 1.04. The van der Waals surface area contributed by atoms with E-state index in [-0.39, 0.29) is 0 Å². The molecular formula is C12H16N6. The number of hydrogen-bond donors (Lipinski definition) is 2. The Labute approximate surface area is 106 Å². The van der Waals surface area contributed by atoms with Crippen molar-refractivity contribution >= 4 is 5.96 Å². The Bertz CT molecular complexity index is 516. The molecular weight excluding hydrogens is 228 g/mol. The standard InChI is InChI=1S/C12H16N6/c1-13-12(14-2)15-8-11-17-16-9-18(11)10-6-4-3-5-7-10/h3-7,9H,8H2,1-2H3,(H2,13,14,15). The number of nitrogens with one attached hydrogen (secondary N) is 2. The largest absolute Gasteiger partial charge is 0.359 e. The van der Waals surface area contributed by atoms with Crippen LogP contribution in [0, 0.1) is 0 Å². The van der Waals surface area contributed by atoms with Crippen molar-refractivity contribution in [1.82, 2.24) is 25.4 Å². The van der Waals surface area contributed by atoms with E-state index in [0.717, 1.165) is 17.5 Å². The number of guanidine groups is 1. The fourth-order valence-corrected chi connectivity index (χ4v) is 1.63. The van der Waals surface area contributed by atoms with E-state index in [2.05, 4.69) is 25.8 Å². The molecule has 0 aliphatic carbocycles. The summed E-state index contributed by atoms with van der Waals surface area (Å²) in [7, 11) is 3.54. The van der Waals surface area contributed by atoms with Gasteiger partial charge in [0.05, 0.1) is 6.54 Å². The monoisotopic (exact) mass is 244 g/mol. The topological polar surface area (TPSA) is 67.1 Å². The van der Waals surface area contributed by atoms with E-state index in [0.29, 0.717) is 6.54 Å². The number of hydrogen-bond acceptors (Lipinski definition) is 3. The molecule has 2 rings (SSSR count). The highest BCUT2D eigenvalue weighted by molar-refractivity contribution is 5.79. The molecule has 1 heterocycles. The number of aromatic nitrogens is 3. The molecule has 94 valence electrons. The lowest BCUT2D eigenvalue weighted by Crippen LogP contribution is -2.34. The van der Waals surface area contributed by atoms with E-state index in [4.69, 9.17) is 0 Å². The first-order valence-electron chi connectivity index (χ1n) is 5.68. The van der Waals surface area contributed by atoms with Crippen molar-refractivity contribution in [2.24, 2.45) is 4.99 Å². The average molecular weight is 244 g/mol. The van der Waals surface area contributed by atoms with Gasteiger partial charge in [0.15, 0.2) is 11.8 Å². The molecule has 0 amide bonds. The van der Waals surface area contributed by atoms with Gasteiger partial charge < -0.3 is 10.6 Å². The van der Waals surface area contributed by atoms with Crippen molar-refractivity contribution in [3.63, 3.8) is 0 Å². The Kier molecular flexibility index (Phi) is 3.90. The van der Waals surface area contributed by atoms with E-state index in [1.54, 1.807) is 13.4 Å². The molecule has 6 heteroatoms. The van der Waals surface area contributed by atoms with Gasteiger partial charge in [-0.25, -0.2) is 0 Å². The number of benzene rings is 1. The quantitative estimate of drug-likeness (QED) is 0.611. The van der Waals surface area contributed by atoms with Gasteiger partial charge in [0, 0.05) is 19.8 Å².